The van der Waals surface area contributed by atoms with Gasteiger partial charge in [-0.05, 0) is 35.9 Å². The number of amides is 1. The van der Waals surface area contributed by atoms with Gasteiger partial charge in [0, 0.05) is 23.6 Å². The Hall–Kier alpha value is -4.19. The van der Waals surface area contributed by atoms with Gasteiger partial charge in [0.15, 0.2) is 12.4 Å². The third kappa shape index (κ3) is 4.60. The smallest absolute Gasteiger partial charge is 0.419 e. The number of aromatic nitrogens is 1. The lowest BCUT2D eigenvalue weighted by Gasteiger charge is -2.12. The Kier molecular flexibility index (Phi) is 6.07. The summed E-state index contributed by atoms with van der Waals surface area (Å²) in [6.07, 6.45) is -4.94. The zero-order chi connectivity index (χ0) is 25.5. The summed E-state index contributed by atoms with van der Waals surface area (Å²) >= 11 is 0. The van der Waals surface area contributed by atoms with Crippen molar-refractivity contribution in [3.63, 3.8) is 0 Å². The van der Waals surface area contributed by atoms with Crippen LogP contribution in [0, 0.1) is 11.6 Å². The van der Waals surface area contributed by atoms with Gasteiger partial charge in [0.1, 0.15) is 11.6 Å². The molecule has 0 spiro atoms. The van der Waals surface area contributed by atoms with Gasteiger partial charge in [-0.25, -0.2) is 13.6 Å². The Bertz CT molecular complexity index is 1480. The molecule has 4 aromatic rings. The monoisotopic (exact) mass is 494 g/mol. The first-order valence-corrected chi connectivity index (χ1v) is 9.88. The van der Waals surface area contributed by atoms with Crippen molar-refractivity contribution in [2.24, 2.45) is 5.73 Å². The molecule has 4 rings (SSSR count). The first kappa shape index (κ1) is 24.0. The Morgan fingerprint density at radius 1 is 1.00 bits per heavy atom. The average molecular weight is 494 g/mol. The summed E-state index contributed by atoms with van der Waals surface area (Å²) in [5.74, 6) is -4.79. The average Bonchev–Trinajstić information content (AvgIpc) is 3.07. The van der Waals surface area contributed by atoms with Crippen molar-refractivity contribution in [3.8, 4) is 5.75 Å². The molecule has 1 amide bonds. The number of benzene rings is 3. The van der Waals surface area contributed by atoms with Crippen LogP contribution in [0.25, 0.3) is 21.8 Å². The number of aliphatic carboxylic acids is 1. The van der Waals surface area contributed by atoms with Crippen molar-refractivity contribution in [1.29, 1.82) is 0 Å². The highest BCUT2D eigenvalue weighted by atomic mass is 19.4. The minimum absolute atomic E-state index is 0.00368. The lowest BCUT2D eigenvalue weighted by Crippen LogP contribution is -2.11. The van der Waals surface area contributed by atoms with E-state index in [1.807, 2.05) is 0 Å². The summed E-state index contributed by atoms with van der Waals surface area (Å²) in [5.41, 5.74) is 4.43. The fraction of sp³-hybridized carbons (Fsp3) is 0.130. The number of alkyl halides is 3. The van der Waals surface area contributed by atoms with E-state index in [9.17, 15) is 31.5 Å². The molecular weight excluding hydrogens is 479 g/mol. The highest BCUT2D eigenvalue weighted by Crippen LogP contribution is 2.39. The summed E-state index contributed by atoms with van der Waals surface area (Å²) in [6, 6.07) is 8.79. The second kappa shape index (κ2) is 8.87. The third-order valence-corrected chi connectivity index (χ3v) is 5.19. The van der Waals surface area contributed by atoms with Crippen LogP contribution in [0.3, 0.4) is 0 Å². The van der Waals surface area contributed by atoms with Crippen LogP contribution < -0.4 is 10.6 Å². The third-order valence-electron chi connectivity index (χ3n) is 5.19. The molecule has 7 nitrogen and oxygen atoms in total. The molecule has 3 N–H and O–H groups in total. The molecule has 0 radical (unpaired) electrons. The number of hydrogen-bond donors (Lipinski definition) is 2. The second-order valence-electron chi connectivity index (χ2n) is 7.50. The van der Waals surface area contributed by atoms with Crippen LogP contribution >= 0.6 is 0 Å². The molecule has 1 heterocycles. The molecule has 12 heteroatoms. The van der Waals surface area contributed by atoms with Gasteiger partial charge in [-0.3, -0.25) is 4.79 Å². The number of carbonyl (C=O) groups excluding carboxylic acids is 1. The van der Waals surface area contributed by atoms with Gasteiger partial charge in [-0.15, -0.1) is 0 Å². The van der Waals surface area contributed by atoms with E-state index in [4.69, 9.17) is 15.7 Å². The molecule has 182 valence electrons. The number of carbonyl (C=O) groups is 2. The molecule has 0 aliphatic rings. The van der Waals surface area contributed by atoms with E-state index in [2.05, 4.69) is 4.89 Å². The number of primary amides is 1. The van der Waals surface area contributed by atoms with E-state index in [-0.39, 0.29) is 45.2 Å². The van der Waals surface area contributed by atoms with Gasteiger partial charge in [0.2, 0.25) is 5.91 Å². The van der Waals surface area contributed by atoms with E-state index < -0.39 is 41.9 Å². The predicted octanol–water partition coefficient (Wildman–Crippen LogP) is 4.63. The van der Waals surface area contributed by atoms with Crippen molar-refractivity contribution in [2.75, 3.05) is 6.61 Å². The van der Waals surface area contributed by atoms with Crippen LogP contribution in [0.2, 0.25) is 0 Å². The highest BCUT2D eigenvalue weighted by Gasteiger charge is 2.34. The van der Waals surface area contributed by atoms with Crippen molar-refractivity contribution in [1.82, 2.24) is 4.57 Å². The molecular formula is C23H15F5N2O5. The number of rotatable bonds is 7. The van der Waals surface area contributed by atoms with Gasteiger partial charge >= 0.3 is 12.1 Å². The Balaban J connectivity index is 1.97. The van der Waals surface area contributed by atoms with Crippen LogP contribution in [0.15, 0.2) is 48.5 Å². The number of carboxylic acids is 1. The topological polar surface area (TPSA) is 104 Å². The maximum atomic E-state index is 14.5. The minimum atomic E-state index is -4.94. The zero-order valence-electron chi connectivity index (χ0n) is 17.5. The molecule has 0 aliphatic heterocycles. The number of fused-ring (bicyclic) bond motifs is 3. The molecule has 0 saturated carbocycles. The number of hydrogen-bond acceptors (Lipinski definition) is 4. The van der Waals surface area contributed by atoms with Gasteiger partial charge in [-0.1, -0.05) is 12.1 Å². The first-order valence-electron chi connectivity index (χ1n) is 9.88. The van der Waals surface area contributed by atoms with Crippen LogP contribution in [-0.4, -0.2) is 28.2 Å². The number of carboxylic acid groups (broad SMARTS) is 1. The fourth-order valence-corrected chi connectivity index (χ4v) is 3.85. The molecule has 0 atom stereocenters. The SMILES string of the molecule is NC(=O)c1cccc2c1c1c(OOCC(=O)O)cc(F)cc1n2Cc1ccc(F)c(C(F)(F)F)c1. The number of nitrogens with zero attached hydrogens (tertiary/aromatic N) is 1. The zero-order valence-corrected chi connectivity index (χ0v) is 17.5. The molecule has 0 aliphatic carbocycles. The van der Waals surface area contributed by atoms with Crippen LogP contribution in [0.1, 0.15) is 21.5 Å². The normalized spacial score (nSPS) is 11.8. The maximum Gasteiger partial charge on any atom is 0.419 e. The lowest BCUT2D eigenvalue weighted by molar-refractivity contribution is -0.212. The largest absolute Gasteiger partial charge is 0.479 e. The highest BCUT2D eigenvalue weighted by molar-refractivity contribution is 6.19. The van der Waals surface area contributed by atoms with Gasteiger partial charge in [-0.2, -0.15) is 18.1 Å². The van der Waals surface area contributed by atoms with E-state index in [1.54, 1.807) is 0 Å². The molecule has 1 aromatic heterocycles. The Morgan fingerprint density at radius 3 is 2.40 bits per heavy atom. The Labute approximate surface area is 193 Å². The Morgan fingerprint density at radius 2 is 1.74 bits per heavy atom. The first-order chi connectivity index (χ1) is 16.5. The minimum Gasteiger partial charge on any atom is -0.479 e. The van der Waals surface area contributed by atoms with Gasteiger partial charge < -0.3 is 20.3 Å². The number of halogens is 5. The van der Waals surface area contributed by atoms with Crippen molar-refractivity contribution >= 4 is 33.7 Å². The van der Waals surface area contributed by atoms with Crippen molar-refractivity contribution in [3.05, 3.63) is 76.9 Å². The summed E-state index contributed by atoms with van der Waals surface area (Å²) < 4.78 is 69.3. The molecule has 3 aromatic carbocycles. The van der Waals surface area contributed by atoms with Gasteiger partial charge in [0.05, 0.1) is 22.0 Å². The maximum absolute atomic E-state index is 14.5. The standard InChI is InChI=1S/C23H15F5N2O5/c24-12-7-17-21(18(8-12)35-34-10-19(31)32)20-13(22(29)33)2-1-3-16(20)30(17)9-11-4-5-15(25)14(6-11)23(26,27)28/h1-8H,9-10H2,(H2,29,33)(H,31,32). The van der Waals surface area contributed by atoms with E-state index in [0.29, 0.717) is 12.1 Å². The summed E-state index contributed by atoms with van der Waals surface area (Å²) in [7, 11) is 0. The van der Waals surface area contributed by atoms with E-state index in [0.717, 1.165) is 18.2 Å². The molecule has 0 bridgehead atoms. The molecule has 0 fully saturated rings. The number of nitrogens with two attached hydrogens (primary N) is 1. The van der Waals surface area contributed by atoms with Crippen LogP contribution in [-0.2, 0) is 22.4 Å². The summed E-state index contributed by atoms with van der Waals surface area (Å²) in [6.45, 7) is -1.15. The van der Waals surface area contributed by atoms with Crippen molar-refractivity contribution in [2.45, 2.75) is 12.7 Å². The summed E-state index contributed by atoms with van der Waals surface area (Å²) in [4.78, 5) is 32.5. The van der Waals surface area contributed by atoms with E-state index >= 15 is 0 Å². The second-order valence-corrected chi connectivity index (χ2v) is 7.50. The van der Waals surface area contributed by atoms with Gasteiger partial charge in [0.25, 0.3) is 0 Å². The predicted molar refractivity (Wildman–Crippen MR) is 113 cm³/mol. The fourth-order valence-electron chi connectivity index (χ4n) is 3.85. The lowest BCUT2D eigenvalue weighted by atomic mass is 10.1. The molecule has 35 heavy (non-hydrogen) atoms. The van der Waals surface area contributed by atoms with Crippen molar-refractivity contribution < 1.29 is 46.4 Å². The van der Waals surface area contributed by atoms with E-state index in [1.165, 1.54) is 22.8 Å². The van der Waals surface area contributed by atoms with Crippen LogP contribution in [0.5, 0.6) is 5.75 Å². The van der Waals surface area contributed by atoms with Crippen LogP contribution in [0.4, 0.5) is 22.0 Å². The summed E-state index contributed by atoms with van der Waals surface area (Å²) in [5, 5.41) is 9.06. The molecule has 0 unspecified atom stereocenters. The quantitative estimate of drug-likeness (QED) is 0.222. The molecule has 0 saturated heterocycles.